The van der Waals surface area contributed by atoms with Crippen molar-refractivity contribution >= 4 is 16.7 Å². The molecular formula is C17H27N3. The maximum atomic E-state index is 5.88. The summed E-state index contributed by atoms with van der Waals surface area (Å²) in [5, 5.41) is 0. The molecule has 110 valence electrons. The van der Waals surface area contributed by atoms with Crippen LogP contribution in [-0.4, -0.2) is 9.55 Å². The Kier molecular flexibility index (Phi) is 4.69. The number of nitrogens with zero attached hydrogens (tertiary/aromatic N) is 2. The molecule has 2 rings (SSSR count). The van der Waals surface area contributed by atoms with Crippen LogP contribution in [0.3, 0.4) is 0 Å². The van der Waals surface area contributed by atoms with Gasteiger partial charge in [0.15, 0.2) is 0 Å². The molecule has 0 saturated heterocycles. The highest BCUT2D eigenvalue weighted by molar-refractivity contribution is 5.79. The van der Waals surface area contributed by atoms with Gasteiger partial charge in [0.1, 0.15) is 5.82 Å². The molecule has 1 aromatic carbocycles. The predicted molar refractivity (Wildman–Crippen MR) is 86.9 cm³/mol. The number of hydrogen-bond donors (Lipinski definition) is 1. The lowest BCUT2D eigenvalue weighted by Crippen LogP contribution is -2.10. The number of benzene rings is 1. The standard InChI is InChI=1S/C17H27N3/c1-5-6-17-19-15-11-14(18)9-10-16(15)20(17)13(4)8-7-12(2)3/h9-13H,5-8,18H2,1-4H3. The molecule has 0 saturated carbocycles. The number of nitrogens with two attached hydrogens (primary N) is 1. The van der Waals surface area contributed by atoms with E-state index in [1.165, 1.54) is 24.2 Å². The monoisotopic (exact) mass is 273 g/mol. The minimum absolute atomic E-state index is 0.493. The summed E-state index contributed by atoms with van der Waals surface area (Å²) in [4.78, 5) is 4.79. The molecule has 1 aromatic heterocycles. The van der Waals surface area contributed by atoms with Gasteiger partial charge in [-0.05, 0) is 50.3 Å². The van der Waals surface area contributed by atoms with E-state index in [1.54, 1.807) is 0 Å². The van der Waals surface area contributed by atoms with Gasteiger partial charge in [-0.15, -0.1) is 0 Å². The molecular weight excluding hydrogens is 246 g/mol. The topological polar surface area (TPSA) is 43.8 Å². The van der Waals surface area contributed by atoms with Crippen LogP contribution in [0, 0.1) is 5.92 Å². The fraction of sp³-hybridized carbons (Fsp3) is 0.588. The smallest absolute Gasteiger partial charge is 0.110 e. The summed E-state index contributed by atoms with van der Waals surface area (Å²) in [5.41, 5.74) is 8.93. The van der Waals surface area contributed by atoms with E-state index in [0.29, 0.717) is 6.04 Å². The van der Waals surface area contributed by atoms with Gasteiger partial charge in [0.25, 0.3) is 0 Å². The van der Waals surface area contributed by atoms with Crippen molar-refractivity contribution in [3.8, 4) is 0 Å². The summed E-state index contributed by atoms with van der Waals surface area (Å²) in [6.45, 7) is 9.08. The maximum Gasteiger partial charge on any atom is 0.110 e. The molecule has 0 aliphatic rings. The third-order valence-corrected chi connectivity index (χ3v) is 3.86. The van der Waals surface area contributed by atoms with Gasteiger partial charge in [-0.3, -0.25) is 0 Å². The molecule has 0 spiro atoms. The number of aryl methyl sites for hydroxylation is 1. The Morgan fingerprint density at radius 1 is 1.20 bits per heavy atom. The average Bonchev–Trinajstić information content (AvgIpc) is 2.73. The lowest BCUT2D eigenvalue weighted by Gasteiger charge is -2.18. The zero-order valence-electron chi connectivity index (χ0n) is 13.2. The number of rotatable bonds is 6. The number of aromatic nitrogens is 2. The SMILES string of the molecule is CCCc1nc2cc(N)ccc2n1C(C)CCC(C)C. The van der Waals surface area contributed by atoms with E-state index in [-0.39, 0.29) is 0 Å². The lowest BCUT2D eigenvalue weighted by molar-refractivity contribution is 0.436. The average molecular weight is 273 g/mol. The van der Waals surface area contributed by atoms with Crippen molar-refractivity contribution < 1.29 is 0 Å². The van der Waals surface area contributed by atoms with Crippen LogP contribution in [0.25, 0.3) is 11.0 Å². The molecule has 1 unspecified atom stereocenters. The Balaban J connectivity index is 2.39. The Morgan fingerprint density at radius 2 is 1.95 bits per heavy atom. The van der Waals surface area contributed by atoms with Gasteiger partial charge in [0, 0.05) is 18.2 Å². The van der Waals surface area contributed by atoms with Crippen LogP contribution in [0.2, 0.25) is 0 Å². The van der Waals surface area contributed by atoms with Gasteiger partial charge in [0.2, 0.25) is 0 Å². The number of anilines is 1. The zero-order valence-corrected chi connectivity index (χ0v) is 13.2. The molecule has 20 heavy (non-hydrogen) atoms. The first-order valence-corrected chi connectivity index (χ1v) is 7.79. The third kappa shape index (κ3) is 3.14. The zero-order chi connectivity index (χ0) is 14.7. The summed E-state index contributed by atoms with van der Waals surface area (Å²) in [7, 11) is 0. The normalized spacial score (nSPS) is 13.2. The molecule has 3 heteroatoms. The molecule has 3 nitrogen and oxygen atoms in total. The minimum atomic E-state index is 0.493. The van der Waals surface area contributed by atoms with Gasteiger partial charge in [-0.1, -0.05) is 20.8 Å². The van der Waals surface area contributed by atoms with Crippen LogP contribution in [-0.2, 0) is 6.42 Å². The Labute approximate surface area is 122 Å². The van der Waals surface area contributed by atoms with E-state index in [2.05, 4.69) is 38.3 Å². The third-order valence-electron chi connectivity index (χ3n) is 3.86. The predicted octanol–water partition coefficient (Wildman–Crippen LogP) is 4.57. The first-order valence-electron chi connectivity index (χ1n) is 7.79. The van der Waals surface area contributed by atoms with E-state index >= 15 is 0 Å². The summed E-state index contributed by atoms with van der Waals surface area (Å²) >= 11 is 0. The molecule has 0 radical (unpaired) electrons. The van der Waals surface area contributed by atoms with Gasteiger partial charge in [-0.25, -0.2) is 4.98 Å². The van der Waals surface area contributed by atoms with E-state index in [9.17, 15) is 0 Å². The van der Waals surface area contributed by atoms with Crippen molar-refractivity contribution in [1.82, 2.24) is 9.55 Å². The van der Waals surface area contributed by atoms with Crippen LogP contribution < -0.4 is 5.73 Å². The summed E-state index contributed by atoms with van der Waals surface area (Å²) in [5.74, 6) is 1.95. The molecule has 0 bridgehead atoms. The molecule has 0 amide bonds. The second-order valence-corrected chi connectivity index (χ2v) is 6.22. The van der Waals surface area contributed by atoms with E-state index < -0.39 is 0 Å². The first-order chi connectivity index (χ1) is 9.52. The van der Waals surface area contributed by atoms with Gasteiger partial charge in [-0.2, -0.15) is 0 Å². The van der Waals surface area contributed by atoms with Crippen LogP contribution in [0.15, 0.2) is 18.2 Å². The molecule has 1 atom stereocenters. The van der Waals surface area contributed by atoms with Crippen LogP contribution in [0.4, 0.5) is 5.69 Å². The van der Waals surface area contributed by atoms with Crippen molar-refractivity contribution in [2.75, 3.05) is 5.73 Å². The number of nitrogen functional groups attached to an aromatic ring is 1. The second-order valence-electron chi connectivity index (χ2n) is 6.22. The molecule has 2 aromatic rings. The van der Waals surface area contributed by atoms with Gasteiger partial charge in [0.05, 0.1) is 11.0 Å². The lowest BCUT2D eigenvalue weighted by atomic mass is 10.0. The fourth-order valence-corrected chi connectivity index (χ4v) is 2.76. The Morgan fingerprint density at radius 3 is 2.60 bits per heavy atom. The highest BCUT2D eigenvalue weighted by atomic mass is 15.1. The van der Waals surface area contributed by atoms with Crippen molar-refractivity contribution in [3.63, 3.8) is 0 Å². The number of fused-ring (bicyclic) bond motifs is 1. The van der Waals surface area contributed by atoms with E-state index in [0.717, 1.165) is 30.0 Å². The van der Waals surface area contributed by atoms with Crippen LogP contribution >= 0.6 is 0 Å². The summed E-state index contributed by atoms with van der Waals surface area (Å²) < 4.78 is 2.42. The van der Waals surface area contributed by atoms with Gasteiger partial charge < -0.3 is 10.3 Å². The van der Waals surface area contributed by atoms with Crippen molar-refractivity contribution in [2.45, 2.75) is 59.4 Å². The molecule has 0 aliphatic heterocycles. The van der Waals surface area contributed by atoms with Crippen molar-refractivity contribution in [1.29, 1.82) is 0 Å². The molecule has 0 fully saturated rings. The number of imidazole rings is 1. The largest absolute Gasteiger partial charge is 0.399 e. The quantitative estimate of drug-likeness (QED) is 0.784. The minimum Gasteiger partial charge on any atom is -0.399 e. The fourth-order valence-electron chi connectivity index (χ4n) is 2.76. The first kappa shape index (κ1) is 14.9. The maximum absolute atomic E-state index is 5.88. The van der Waals surface area contributed by atoms with Crippen LogP contribution in [0.1, 0.15) is 58.8 Å². The highest BCUT2D eigenvalue weighted by Crippen LogP contribution is 2.27. The Hall–Kier alpha value is -1.51. The number of hydrogen-bond acceptors (Lipinski definition) is 2. The Bertz CT molecular complexity index is 569. The van der Waals surface area contributed by atoms with E-state index in [1.807, 2.05) is 12.1 Å². The van der Waals surface area contributed by atoms with E-state index in [4.69, 9.17) is 10.7 Å². The second kappa shape index (κ2) is 6.29. The molecule has 1 heterocycles. The molecule has 2 N–H and O–H groups in total. The van der Waals surface area contributed by atoms with Crippen molar-refractivity contribution in [3.05, 3.63) is 24.0 Å². The van der Waals surface area contributed by atoms with Crippen molar-refractivity contribution in [2.24, 2.45) is 5.92 Å². The summed E-state index contributed by atoms with van der Waals surface area (Å²) in [6.07, 6.45) is 4.60. The molecule has 0 aliphatic carbocycles. The van der Waals surface area contributed by atoms with Crippen LogP contribution in [0.5, 0.6) is 0 Å². The highest BCUT2D eigenvalue weighted by Gasteiger charge is 2.15. The summed E-state index contributed by atoms with van der Waals surface area (Å²) in [6, 6.07) is 6.57. The van der Waals surface area contributed by atoms with Gasteiger partial charge >= 0.3 is 0 Å².